The number of aliphatic hydroxyl groups excluding tert-OH is 1. The first-order chi connectivity index (χ1) is 48.6. The molecular weight excluding hydrogens is 1320 g/mol. The van der Waals surface area contributed by atoms with Crippen LogP contribution in [0.15, 0.2) is 0 Å². The van der Waals surface area contributed by atoms with Crippen molar-refractivity contribution in [3.63, 3.8) is 0 Å². The van der Waals surface area contributed by atoms with Crippen LogP contribution in [0.1, 0.15) is 421 Å². The summed E-state index contributed by atoms with van der Waals surface area (Å²) in [5, 5.41) is 10.6. The summed E-state index contributed by atoms with van der Waals surface area (Å²) < 4.78 is 68.8. The van der Waals surface area contributed by atoms with Crippen LogP contribution >= 0.6 is 15.6 Å². The molecule has 600 valence electrons. The van der Waals surface area contributed by atoms with Crippen LogP contribution in [0.2, 0.25) is 0 Å². The Labute approximate surface area is 619 Å². The topological polar surface area (TPSA) is 237 Å². The first-order valence-electron chi connectivity index (χ1n) is 42.2. The van der Waals surface area contributed by atoms with Crippen LogP contribution in [0, 0.1) is 23.7 Å². The number of phosphoric acid groups is 2. The highest BCUT2D eigenvalue weighted by Gasteiger charge is 2.30. The second-order valence-electron chi connectivity index (χ2n) is 31.2. The number of unbranched alkanes of at least 4 members (excludes halogenated alkanes) is 44. The molecule has 17 nitrogen and oxygen atoms in total. The van der Waals surface area contributed by atoms with E-state index in [9.17, 15) is 43.2 Å². The summed E-state index contributed by atoms with van der Waals surface area (Å²) in [5.74, 6) is 1.02. The van der Waals surface area contributed by atoms with Crippen LogP contribution in [0.3, 0.4) is 0 Å². The van der Waals surface area contributed by atoms with Crippen LogP contribution in [0.5, 0.6) is 0 Å². The van der Waals surface area contributed by atoms with Gasteiger partial charge in [0.2, 0.25) is 0 Å². The Hall–Kier alpha value is -1.94. The molecule has 0 aromatic carbocycles. The summed E-state index contributed by atoms with van der Waals surface area (Å²) in [6, 6.07) is 0. The zero-order chi connectivity index (χ0) is 74.6. The molecule has 0 heterocycles. The van der Waals surface area contributed by atoms with E-state index in [1.807, 2.05) is 0 Å². The first kappa shape index (κ1) is 99.1. The number of ether oxygens (including phenoxy) is 4. The van der Waals surface area contributed by atoms with Crippen LogP contribution in [0.4, 0.5) is 0 Å². The third kappa shape index (κ3) is 74.7. The lowest BCUT2D eigenvalue weighted by atomic mass is 9.99. The van der Waals surface area contributed by atoms with Gasteiger partial charge in [-0.15, -0.1) is 0 Å². The highest BCUT2D eigenvalue weighted by Crippen LogP contribution is 2.45. The van der Waals surface area contributed by atoms with Gasteiger partial charge >= 0.3 is 39.5 Å². The highest BCUT2D eigenvalue weighted by molar-refractivity contribution is 7.47. The molecule has 0 radical (unpaired) electrons. The van der Waals surface area contributed by atoms with E-state index in [1.165, 1.54) is 218 Å². The SMILES string of the molecule is CCC(C)CCCCCCCCCCCCCCCCC(=O)OC[C@H](COP(=O)(O)OCC(O)COP(=O)(O)OC[C@@H](COC(=O)CCCCCCCCCC(C)C)OC(=O)CCCCCCCCCCCCCCCCC(C)C)OC(=O)CCCCCCCCCCCCCCCC(C)C. The molecule has 0 aliphatic heterocycles. The Bertz CT molecular complexity index is 1970. The molecule has 19 heteroatoms. The summed E-state index contributed by atoms with van der Waals surface area (Å²) in [6.07, 6.45) is 58.2. The molecule has 4 unspecified atom stereocenters. The lowest BCUT2D eigenvalue weighted by Crippen LogP contribution is -2.30. The Morgan fingerprint density at radius 2 is 0.475 bits per heavy atom. The minimum Gasteiger partial charge on any atom is -0.462 e. The van der Waals surface area contributed by atoms with Gasteiger partial charge in [-0.25, -0.2) is 9.13 Å². The molecule has 101 heavy (non-hydrogen) atoms. The van der Waals surface area contributed by atoms with E-state index < -0.39 is 97.5 Å². The van der Waals surface area contributed by atoms with Gasteiger partial charge < -0.3 is 33.8 Å². The fourth-order valence-corrected chi connectivity index (χ4v) is 14.2. The predicted molar refractivity (Wildman–Crippen MR) is 414 cm³/mol. The average molecular weight is 1480 g/mol. The van der Waals surface area contributed by atoms with Crippen molar-refractivity contribution < 1.29 is 80.2 Å². The van der Waals surface area contributed by atoms with Crippen LogP contribution in [-0.4, -0.2) is 96.7 Å². The molecule has 0 aliphatic rings. The third-order valence-electron chi connectivity index (χ3n) is 19.4. The van der Waals surface area contributed by atoms with Crippen molar-refractivity contribution in [2.24, 2.45) is 23.7 Å². The summed E-state index contributed by atoms with van der Waals surface area (Å²) in [7, 11) is -9.92. The predicted octanol–water partition coefficient (Wildman–Crippen LogP) is 24.4. The van der Waals surface area contributed by atoms with Gasteiger partial charge in [0.15, 0.2) is 12.2 Å². The minimum atomic E-state index is -4.96. The number of phosphoric ester groups is 2. The Morgan fingerprint density at radius 1 is 0.277 bits per heavy atom. The molecule has 3 N–H and O–H groups in total. The van der Waals surface area contributed by atoms with Crippen molar-refractivity contribution in [3.8, 4) is 0 Å². The van der Waals surface area contributed by atoms with Crippen molar-refractivity contribution in [2.45, 2.75) is 440 Å². The fraction of sp³-hybridized carbons (Fsp3) is 0.951. The number of carbonyl (C=O) groups excluding carboxylic acids is 4. The molecule has 0 saturated heterocycles. The number of carbonyl (C=O) groups is 4. The van der Waals surface area contributed by atoms with E-state index in [0.717, 1.165) is 114 Å². The van der Waals surface area contributed by atoms with Gasteiger partial charge in [0, 0.05) is 25.7 Å². The van der Waals surface area contributed by atoms with E-state index in [4.69, 9.17) is 37.0 Å². The average Bonchev–Trinajstić information content (AvgIpc) is 0.924. The van der Waals surface area contributed by atoms with E-state index in [-0.39, 0.29) is 25.7 Å². The number of aliphatic hydroxyl groups is 1. The molecule has 6 atom stereocenters. The van der Waals surface area contributed by atoms with Gasteiger partial charge in [0.25, 0.3) is 0 Å². The summed E-state index contributed by atoms with van der Waals surface area (Å²) in [5.41, 5.74) is 0. The smallest absolute Gasteiger partial charge is 0.462 e. The first-order valence-corrected chi connectivity index (χ1v) is 45.2. The molecule has 0 amide bonds. The van der Waals surface area contributed by atoms with Crippen molar-refractivity contribution in [1.82, 2.24) is 0 Å². The van der Waals surface area contributed by atoms with Crippen LogP contribution < -0.4 is 0 Å². The third-order valence-corrected chi connectivity index (χ3v) is 21.3. The van der Waals surface area contributed by atoms with Crippen molar-refractivity contribution in [2.75, 3.05) is 39.6 Å². The highest BCUT2D eigenvalue weighted by atomic mass is 31.2. The van der Waals surface area contributed by atoms with E-state index in [2.05, 4.69) is 55.4 Å². The quantitative estimate of drug-likeness (QED) is 0.0222. The molecule has 0 spiro atoms. The van der Waals surface area contributed by atoms with Gasteiger partial charge in [0.1, 0.15) is 19.3 Å². The van der Waals surface area contributed by atoms with Crippen LogP contribution in [-0.2, 0) is 65.4 Å². The number of rotatable bonds is 79. The number of esters is 4. The van der Waals surface area contributed by atoms with Gasteiger partial charge in [-0.2, -0.15) is 0 Å². The van der Waals surface area contributed by atoms with Gasteiger partial charge in [0.05, 0.1) is 26.4 Å². The van der Waals surface area contributed by atoms with Crippen molar-refractivity contribution in [3.05, 3.63) is 0 Å². The Morgan fingerprint density at radius 3 is 0.703 bits per heavy atom. The Balaban J connectivity index is 5.24. The van der Waals surface area contributed by atoms with Crippen molar-refractivity contribution >= 4 is 39.5 Å². The van der Waals surface area contributed by atoms with Crippen LogP contribution in [0.25, 0.3) is 0 Å². The largest absolute Gasteiger partial charge is 0.472 e. The summed E-state index contributed by atoms with van der Waals surface area (Å²) in [4.78, 5) is 73.1. The second-order valence-corrected chi connectivity index (χ2v) is 34.1. The number of hydrogen-bond acceptors (Lipinski definition) is 15. The molecule has 0 saturated carbocycles. The van der Waals surface area contributed by atoms with Crippen molar-refractivity contribution in [1.29, 1.82) is 0 Å². The monoisotopic (exact) mass is 1480 g/mol. The fourth-order valence-electron chi connectivity index (χ4n) is 12.6. The molecule has 0 aliphatic carbocycles. The molecule has 0 fully saturated rings. The maximum Gasteiger partial charge on any atom is 0.472 e. The van der Waals surface area contributed by atoms with Gasteiger partial charge in [-0.05, 0) is 49.4 Å². The number of hydrogen-bond donors (Lipinski definition) is 3. The van der Waals surface area contributed by atoms with E-state index in [1.54, 1.807) is 0 Å². The molecule has 0 rings (SSSR count). The molecule has 0 bridgehead atoms. The zero-order valence-corrected chi connectivity index (χ0v) is 68.3. The minimum absolute atomic E-state index is 0.106. The normalized spacial score (nSPS) is 14.3. The van der Waals surface area contributed by atoms with Gasteiger partial charge in [-0.3, -0.25) is 37.3 Å². The van der Waals surface area contributed by atoms with E-state index >= 15 is 0 Å². The van der Waals surface area contributed by atoms with Gasteiger partial charge in [-0.1, -0.05) is 370 Å². The molecular formula is C82H160O17P2. The summed E-state index contributed by atoms with van der Waals surface area (Å²) in [6.45, 7) is 14.3. The molecule has 0 aromatic heterocycles. The summed E-state index contributed by atoms with van der Waals surface area (Å²) >= 11 is 0. The lowest BCUT2D eigenvalue weighted by molar-refractivity contribution is -0.161. The lowest BCUT2D eigenvalue weighted by Gasteiger charge is -2.21. The molecule has 0 aromatic rings. The Kier molecular flexibility index (Phi) is 69.6. The standard InChI is InChI=1S/C82H160O17P2/c1-9-75(8)61-53-45-37-29-23-17-11-13-18-24-30-38-46-54-62-79(84)92-68-77(98-81(86)65-57-49-40-32-26-20-14-16-22-28-35-43-51-59-73(4)5)70-96-100(88,89)94-66-76(83)67-95-101(90,91)97-71-78(69-93-80(85)63-55-47-41-33-36-44-52-60-74(6)7)99-82(87)64-56-48-39-31-25-19-12-10-15-21-27-34-42-50-58-72(2)3/h72-78,83H,9-71H2,1-8H3,(H,88,89)(H,90,91)/t75?,76?,77-,78-/m1/s1. The maximum absolute atomic E-state index is 13.1. The zero-order valence-electron chi connectivity index (χ0n) is 66.5. The maximum atomic E-state index is 13.1. The second kappa shape index (κ2) is 71.0. The van der Waals surface area contributed by atoms with E-state index in [0.29, 0.717) is 31.6 Å².